The minimum absolute atomic E-state index is 0.0563. The Kier molecular flexibility index (Phi) is 6.26. The monoisotopic (exact) mass is 398 g/mol. The molecule has 0 saturated carbocycles. The molecular weight excluding hydrogens is 375 g/mol. The van der Waals surface area contributed by atoms with Gasteiger partial charge in [-0.3, -0.25) is 14.4 Å². The number of hydrogen-bond acceptors (Lipinski definition) is 4. The first-order valence-electron chi connectivity index (χ1n) is 9.42. The number of hydrogen-bond donors (Lipinski definition) is 1. The highest BCUT2D eigenvalue weighted by Gasteiger charge is 2.38. The second kappa shape index (κ2) is 8.86. The Labute approximate surface area is 168 Å². The predicted molar refractivity (Wildman–Crippen MR) is 105 cm³/mol. The second-order valence-corrected chi connectivity index (χ2v) is 7.15. The molecule has 152 valence electrons. The van der Waals surface area contributed by atoms with Crippen LogP contribution in [0.3, 0.4) is 0 Å². The summed E-state index contributed by atoms with van der Waals surface area (Å²) in [7, 11) is 0. The van der Waals surface area contributed by atoms with Gasteiger partial charge in [0.2, 0.25) is 5.91 Å². The largest absolute Gasteiger partial charge is 0.455 e. The summed E-state index contributed by atoms with van der Waals surface area (Å²) in [6, 6.07) is 13.7. The van der Waals surface area contributed by atoms with Crippen molar-refractivity contribution in [2.75, 3.05) is 18.5 Å². The minimum atomic E-state index is -0.613. The Morgan fingerprint density at radius 1 is 1.24 bits per heavy atom. The van der Waals surface area contributed by atoms with Crippen LogP contribution in [0.15, 0.2) is 48.5 Å². The van der Waals surface area contributed by atoms with E-state index in [9.17, 15) is 18.8 Å². The molecule has 0 bridgehead atoms. The molecule has 6 nitrogen and oxygen atoms in total. The topological polar surface area (TPSA) is 75.7 Å². The molecule has 7 heteroatoms. The molecule has 1 fully saturated rings. The summed E-state index contributed by atoms with van der Waals surface area (Å²) >= 11 is 0. The predicted octanol–water partition coefficient (Wildman–Crippen LogP) is 3.23. The van der Waals surface area contributed by atoms with Crippen molar-refractivity contribution in [2.45, 2.75) is 26.3 Å². The normalized spacial score (nSPS) is 17.1. The maximum absolute atomic E-state index is 13.5. The highest BCUT2D eigenvalue weighted by atomic mass is 19.1. The zero-order valence-corrected chi connectivity index (χ0v) is 16.4. The van der Waals surface area contributed by atoms with Gasteiger partial charge in [-0.2, -0.15) is 0 Å². The molecule has 2 aromatic carbocycles. The molecule has 3 rings (SSSR count). The summed E-state index contributed by atoms with van der Waals surface area (Å²) in [6.07, 6.45) is 0.0563. The van der Waals surface area contributed by atoms with E-state index < -0.39 is 30.2 Å². The Balaban J connectivity index is 1.51. The van der Waals surface area contributed by atoms with Gasteiger partial charge < -0.3 is 15.0 Å². The summed E-state index contributed by atoms with van der Waals surface area (Å²) in [5, 5.41) is 2.48. The number of anilines is 1. The number of nitrogens with one attached hydrogen (secondary N) is 1. The van der Waals surface area contributed by atoms with E-state index in [0.717, 1.165) is 5.56 Å². The van der Waals surface area contributed by atoms with Gasteiger partial charge in [0, 0.05) is 18.7 Å². The third kappa shape index (κ3) is 4.99. The first-order valence-corrected chi connectivity index (χ1v) is 9.42. The maximum atomic E-state index is 13.5. The summed E-state index contributed by atoms with van der Waals surface area (Å²) in [5.41, 5.74) is 1.74. The fraction of sp³-hybridized carbons (Fsp3) is 0.318. The molecule has 1 aliphatic heterocycles. The van der Waals surface area contributed by atoms with E-state index >= 15 is 0 Å². The van der Waals surface area contributed by atoms with Crippen LogP contribution in [0.1, 0.15) is 30.5 Å². The number of nitrogens with zero attached hydrogens (tertiary/aromatic N) is 1. The van der Waals surface area contributed by atoms with Crippen molar-refractivity contribution in [3.63, 3.8) is 0 Å². The molecule has 2 aromatic rings. The summed E-state index contributed by atoms with van der Waals surface area (Å²) < 4.78 is 18.6. The number of benzene rings is 2. The summed E-state index contributed by atoms with van der Waals surface area (Å²) in [6.45, 7) is 3.29. The number of carbonyl (C=O) groups excluding carboxylic acids is 3. The Morgan fingerprint density at radius 3 is 2.66 bits per heavy atom. The van der Waals surface area contributed by atoms with Gasteiger partial charge in [-0.05, 0) is 37.1 Å². The minimum Gasteiger partial charge on any atom is -0.455 e. The third-order valence-corrected chi connectivity index (χ3v) is 5.04. The average Bonchev–Trinajstić information content (AvgIpc) is 3.11. The highest BCUT2D eigenvalue weighted by molar-refractivity contribution is 5.93. The van der Waals surface area contributed by atoms with Crippen LogP contribution < -0.4 is 5.32 Å². The van der Waals surface area contributed by atoms with Crippen molar-refractivity contribution in [1.82, 2.24) is 4.90 Å². The van der Waals surface area contributed by atoms with Gasteiger partial charge in [0.05, 0.1) is 12.0 Å². The molecule has 0 spiro atoms. The van der Waals surface area contributed by atoms with Gasteiger partial charge in [-0.25, -0.2) is 4.39 Å². The van der Waals surface area contributed by atoms with Gasteiger partial charge in [-0.15, -0.1) is 0 Å². The lowest BCUT2D eigenvalue weighted by Gasteiger charge is -2.25. The van der Waals surface area contributed by atoms with Crippen LogP contribution in [-0.4, -0.2) is 35.8 Å². The molecule has 0 aliphatic carbocycles. The lowest BCUT2D eigenvalue weighted by Crippen LogP contribution is -2.30. The van der Waals surface area contributed by atoms with E-state index in [2.05, 4.69) is 5.32 Å². The van der Waals surface area contributed by atoms with Crippen molar-refractivity contribution in [2.24, 2.45) is 5.92 Å². The van der Waals surface area contributed by atoms with E-state index in [1.54, 1.807) is 24.0 Å². The fourth-order valence-corrected chi connectivity index (χ4v) is 3.30. The molecular formula is C22H23FN2O4. The number of carbonyl (C=O) groups is 3. The van der Waals surface area contributed by atoms with Crippen LogP contribution >= 0.6 is 0 Å². The molecule has 0 aromatic heterocycles. The van der Waals surface area contributed by atoms with Gasteiger partial charge in [0.1, 0.15) is 5.82 Å². The number of ether oxygens (including phenoxy) is 1. The second-order valence-electron chi connectivity index (χ2n) is 7.15. The molecule has 1 saturated heterocycles. The van der Waals surface area contributed by atoms with Crippen molar-refractivity contribution in [3.8, 4) is 0 Å². The van der Waals surface area contributed by atoms with Gasteiger partial charge >= 0.3 is 5.97 Å². The molecule has 0 radical (unpaired) electrons. The Hall–Kier alpha value is -3.22. The van der Waals surface area contributed by atoms with Crippen molar-refractivity contribution in [3.05, 3.63) is 65.5 Å². The quantitative estimate of drug-likeness (QED) is 0.758. The van der Waals surface area contributed by atoms with Crippen molar-refractivity contribution in [1.29, 1.82) is 0 Å². The van der Waals surface area contributed by atoms with Gasteiger partial charge in [0.25, 0.3) is 5.91 Å². The van der Waals surface area contributed by atoms with Crippen molar-refractivity contribution >= 4 is 23.5 Å². The zero-order chi connectivity index (χ0) is 21.0. The number of aryl methyl sites for hydroxylation is 1. The van der Waals surface area contributed by atoms with E-state index in [1.165, 1.54) is 6.07 Å². The number of amides is 2. The summed E-state index contributed by atoms with van der Waals surface area (Å²) in [5.74, 6) is -2.33. The van der Waals surface area contributed by atoms with Crippen LogP contribution in [0.25, 0.3) is 0 Å². The first-order chi connectivity index (χ1) is 13.8. The highest BCUT2D eigenvalue weighted by Crippen LogP contribution is 2.29. The Bertz CT molecular complexity index is 916. The Morgan fingerprint density at radius 2 is 1.97 bits per heavy atom. The maximum Gasteiger partial charge on any atom is 0.311 e. The smallest absolute Gasteiger partial charge is 0.311 e. The van der Waals surface area contributed by atoms with E-state index in [4.69, 9.17) is 4.74 Å². The van der Waals surface area contributed by atoms with Crippen LogP contribution in [0.4, 0.5) is 10.1 Å². The standard InChI is InChI=1S/C22H23FN2O4/c1-14-8-9-18(11-19(14)23)24-20(26)13-29-22(28)17-10-21(27)25(12-17)15(2)16-6-4-3-5-7-16/h3-9,11,15,17H,10,12-13H2,1-2H3,(H,24,26)/t15-,17-/m0/s1. The average molecular weight is 398 g/mol. The van der Waals surface area contributed by atoms with Gasteiger partial charge in [0.15, 0.2) is 6.61 Å². The van der Waals surface area contributed by atoms with E-state index in [-0.39, 0.29) is 30.6 Å². The first kappa shape index (κ1) is 20.5. The molecule has 1 N–H and O–H groups in total. The molecule has 1 heterocycles. The fourth-order valence-electron chi connectivity index (χ4n) is 3.30. The SMILES string of the molecule is Cc1ccc(NC(=O)COC(=O)[C@H]2CC(=O)N([C@@H](C)c3ccccc3)C2)cc1F. The lowest BCUT2D eigenvalue weighted by molar-refractivity contribution is -0.151. The molecule has 2 atom stereocenters. The number of halogens is 1. The summed E-state index contributed by atoms with van der Waals surface area (Å²) in [4.78, 5) is 38.3. The molecule has 0 unspecified atom stereocenters. The number of likely N-dealkylation sites (tertiary alicyclic amines) is 1. The molecule has 2 amide bonds. The van der Waals surface area contributed by atoms with E-state index in [1.807, 2.05) is 37.3 Å². The number of esters is 1. The lowest BCUT2D eigenvalue weighted by atomic mass is 10.1. The third-order valence-electron chi connectivity index (χ3n) is 5.04. The van der Waals surface area contributed by atoms with Crippen LogP contribution in [0.2, 0.25) is 0 Å². The van der Waals surface area contributed by atoms with Crippen LogP contribution in [-0.2, 0) is 19.1 Å². The number of rotatable bonds is 6. The van der Waals surface area contributed by atoms with Gasteiger partial charge in [-0.1, -0.05) is 36.4 Å². The van der Waals surface area contributed by atoms with Crippen molar-refractivity contribution < 1.29 is 23.5 Å². The van der Waals surface area contributed by atoms with E-state index in [0.29, 0.717) is 5.56 Å². The molecule has 29 heavy (non-hydrogen) atoms. The zero-order valence-electron chi connectivity index (χ0n) is 16.4. The molecule has 1 aliphatic rings. The van der Waals surface area contributed by atoms with Crippen LogP contribution in [0.5, 0.6) is 0 Å². The van der Waals surface area contributed by atoms with Crippen LogP contribution in [0, 0.1) is 18.7 Å².